The minimum atomic E-state index is -0.344. The molecular formula is C19H26FIN4O2S. The molecular weight excluding hydrogens is 494 g/mol. The molecule has 0 aliphatic carbocycles. The minimum absolute atomic E-state index is 0. The van der Waals surface area contributed by atoms with Crippen molar-refractivity contribution in [3.8, 4) is 0 Å². The number of halogens is 2. The van der Waals surface area contributed by atoms with Gasteiger partial charge in [0.25, 0.3) is 0 Å². The van der Waals surface area contributed by atoms with Crippen LogP contribution in [0, 0.1) is 12.7 Å². The van der Waals surface area contributed by atoms with Gasteiger partial charge in [-0.3, -0.25) is 4.99 Å². The maximum absolute atomic E-state index is 13.2. The molecule has 1 aromatic carbocycles. The normalized spacial score (nSPS) is 12.1. The van der Waals surface area contributed by atoms with E-state index in [-0.39, 0.29) is 41.8 Å². The van der Waals surface area contributed by atoms with Crippen molar-refractivity contribution in [1.29, 1.82) is 0 Å². The number of carbonyl (C=O) groups excluding carboxylic acids is 1. The van der Waals surface area contributed by atoms with Crippen molar-refractivity contribution in [2.75, 3.05) is 20.2 Å². The van der Waals surface area contributed by atoms with E-state index < -0.39 is 0 Å². The number of hydrogen-bond acceptors (Lipinski definition) is 5. The number of aromatic nitrogens is 1. The number of nitrogens with one attached hydrogen (secondary N) is 2. The van der Waals surface area contributed by atoms with Gasteiger partial charge in [-0.15, -0.1) is 35.3 Å². The molecule has 2 rings (SSSR count). The van der Waals surface area contributed by atoms with E-state index in [2.05, 4.69) is 20.6 Å². The van der Waals surface area contributed by atoms with Gasteiger partial charge in [0, 0.05) is 13.6 Å². The van der Waals surface area contributed by atoms with Gasteiger partial charge >= 0.3 is 5.97 Å². The van der Waals surface area contributed by atoms with Crippen LogP contribution in [0.25, 0.3) is 0 Å². The lowest BCUT2D eigenvalue weighted by atomic mass is 10.1. The van der Waals surface area contributed by atoms with E-state index in [1.807, 2.05) is 13.0 Å². The molecule has 0 spiro atoms. The summed E-state index contributed by atoms with van der Waals surface area (Å²) in [6.07, 6.45) is 0.677. The summed E-state index contributed by atoms with van der Waals surface area (Å²) in [5.74, 6) is 0.0353. The summed E-state index contributed by atoms with van der Waals surface area (Å²) in [4.78, 5) is 21.1. The lowest BCUT2D eigenvalue weighted by molar-refractivity contribution is 0.0531. The van der Waals surface area contributed by atoms with Gasteiger partial charge in [-0.05, 0) is 44.9 Å². The summed E-state index contributed by atoms with van der Waals surface area (Å²) < 4.78 is 18.3. The molecule has 154 valence electrons. The van der Waals surface area contributed by atoms with E-state index in [1.54, 1.807) is 27.0 Å². The second-order valence-corrected chi connectivity index (χ2v) is 6.96. The lowest BCUT2D eigenvalue weighted by Gasteiger charge is -2.16. The number of aliphatic imine (C=N–C) groups is 1. The Balaban J connectivity index is 0.00000392. The number of rotatable bonds is 7. The summed E-state index contributed by atoms with van der Waals surface area (Å²) in [7, 11) is 1.68. The lowest BCUT2D eigenvalue weighted by Crippen LogP contribution is -2.39. The molecule has 0 saturated carbocycles. The van der Waals surface area contributed by atoms with Gasteiger partial charge in [-0.2, -0.15) is 0 Å². The first-order chi connectivity index (χ1) is 12.9. The summed E-state index contributed by atoms with van der Waals surface area (Å²) in [6.45, 7) is 6.47. The average Bonchev–Trinajstić information content (AvgIpc) is 3.03. The van der Waals surface area contributed by atoms with E-state index in [0.717, 1.165) is 10.6 Å². The molecule has 0 amide bonds. The third-order valence-electron chi connectivity index (χ3n) is 3.82. The van der Waals surface area contributed by atoms with E-state index >= 15 is 0 Å². The molecule has 1 heterocycles. The fourth-order valence-electron chi connectivity index (χ4n) is 2.47. The molecule has 0 saturated heterocycles. The molecule has 9 heteroatoms. The van der Waals surface area contributed by atoms with Crippen LogP contribution in [0.3, 0.4) is 0 Å². The Kier molecular flexibility index (Phi) is 10.4. The number of carbonyl (C=O) groups is 1. The van der Waals surface area contributed by atoms with Crippen LogP contribution in [0.5, 0.6) is 0 Å². The van der Waals surface area contributed by atoms with Crippen LogP contribution >= 0.6 is 35.3 Å². The number of esters is 1. The summed E-state index contributed by atoms with van der Waals surface area (Å²) in [5, 5.41) is 7.24. The molecule has 28 heavy (non-hydrogen) atoms. The van der Waals surface area contributed by atoms with Crippen LogP contribution in [-0.4, -0.2) is 37.1 Å². The van der Waals surface area contributed by atoms with E-state index in [1.165, 1.54) is 23.5 Å². The van der Waals surface area contributed by atoms with Gasteiger partial charge in [0.1, 0.15) is 15.7 Å². The van der Waals surface area contributed by atoms with Gasteiger partial charge in [0.15, 0.2) is 5.96 Å². The maximum atomic E-state index is 13.2. The highest BCUT2D eigenvalue weighted by Gasteiger charge is 2.20. The molecule has 1 atom stereocenters. The van der Waals surface area contributed by atoms with Crippen molar-refractivity contribution in [3.63, 3.8) is 0 Å². The van der Waals surface area contributed by atoms with Crippen LogP contribution in [0.4, 0.5) is 4.39 Å². The predicted molar refractivity (Wildman–Crippen MR) is 121 cm³/mol. The predicted octanol–water partition coefficient (Wildman–Crippen LogP) is 3.85. The Morgan fingerprint density at radius 3 is 2.82 bits per heavy atom. The standard InChI is InChI=1S/C19H25FN4O2S.HI/c1-5-26-18(25)16-12(2)23-17(27-16)13(3)24-19(21-4)22-10-9-14-7-6-8-15(20)11-14;/h6-8,11,13H,5,9-10H2,1-4H3,(H2,21,22,24);1H. The number of ether oxygens (including phenoxy) is 1. The smallest absolute Gasteiger partial charge is 0.350 e. The van der Waals surface area contributed by atoms with E-state index in [0.29, 0.717) is 36.1 Å². The van der Waals surface area contributed by atoms with E-state index in [9.17, 15) is 9.18 Å². The highest BCUT2D eigenvalue weighted by atomic mass is 127. The zero-order valence-corrected chi connectivity index (χ0v) is 19.6. The zero-order chi connectivity index (χ0) is 19.8. The van der Waals surface area contributed by atoms with Gasteiger partial charge in [0.05, 0.1) is 18.3 Å². The summed E-state index contributed by atoms with van der Waals surface area (Å²) >= 11 is 1.32. The van der Waals surface area contributed by atoms with Crippen molar-refractivity contribution in [3.05, 3.63) is 51.2 Å². The maximum Gasteiger partial charge on any atom is 0.350 e. The van der Waals surface area contributed by atoms with Crippen molar-refractivity contribution in [2.24, 2.45) is 4.99 Å². The minimum Gasteiger partial charge on any atom is -0.462 e. The van der Waals surface area contributed by atoms with Crippen molar-refractivity contribution < 1.29 is 13.9 Å². The average molecular weight is 520 g/mol. The molecule has 2 aromatic rings. The second kappa shape index (κ2) is 11.9. The molecule has 0 bridgehead atoms. The van der Waals surface area contributed by atoms with Crippen LogP contribution in [0.2, 0.25) is 0 Å². The monoisotopic (exact) mass is 520 g/mol. The van der Waals surface area contributed by atoms with Crippen molar-refractivity contribution >= 4 is 47.2 Å². The van der Waals surface area contributed by atoms with Crippen LogP contribution < -0.4 is 10.6 Å². The molecule has 0 aliphatic heterocycles. The zero-order valence-electron chi connectivity index (χ0n) is 16.4. The molecule has 0 aliphatic rings. The van der Waals surface area contributed by atoms with Gasteiger partial charge in [-0.1, -0.05) is 12.1 Å². The molecule has 6 nitrogen and oxygen atoms in total. The molecule has 0 radical (unpaired) electrons. The van der Waals surface area contributed by atoms with Gasteiger partial charge in [-0.25, -0.2) is 14.2 Å². The number of hydrogen-bond donors (Lipinski definition) is 2. The summed E-state index contributed by atoms with van der Waals surface area (Å²) in [6, 6.07) is 6.41. The Morgan fingerprint density at radius 2 is 2.18 bits per heavy atom. The number of nitrogens with zero attached hydrogens (tertiary/aromatic N) is 2. The van der Waals surface area contributed by atoms with Crippen LogP contribution in [-0.2, 0) is 11.2 Å². The topological polar surface area (TPSA) is 75.6 Å². The number of aryl methyl sites for hydroxylation is 1. The largest absolute Gasteiger partial charge is 0.462 e. The van der Waals surface area contributed by atoms with E-state index in [4.69, 9.17) is 4.74 Å². The van der Waals surface area contributed by atoms with Gasteiger partial charge < -0.3 is 15.4 Å². The first-order valence-electron chi connectivity index (χ1n) is 8.80. The molecule has 2 N–H and O–H groups in total. The molecule has 1 aromatic heterocycles. The van der Waals surface area contributed by atoms with Gasteiger partial charge in [0.2, 0.25) is 0 Å². The fraction of sp³-hybridized carbons (Fsp3) is 0.421. The van der Waals surface area contributed by atoms with Crippen LogP contribution in [0.1, 0.15) is 45.8 Å². The van der Waals surface area contributed by atoms with Crippen LogP contribution in [0.15, 0.2) is 29.3 Å². The first kappa shape index (κ1) is 24.3. The Labute approximate surface area is 186 Å². The highest BCUT2D eigenvalue weighted by Crippen LogP contribution is 2.24. The number of thiazole rings is 1. The SMILES string of the molecule is CCOC(=O)c1sc(C(C)NC(=NC)NCCc2cccc(F)c2)nc1C.I. The highest BCUT2D eigenvalue weighted by molar-refractivity contribution is 14.0. The number of benzene rings is 1. The first-order valence-corrected chi connectivity index (χ1v) is 9.62. The van der Waals surface area contributed by atoms with Crippen molar-refractivity contribution in [2.45, 2.75) is 33.2 Å². The molecule has 0 fully saturated rings. The third-order valence-corrected chi connectivity index (χ3v) is 5.14. The molecule has 1 unspecified atom stereocenters. The third kappa shape index (κ3) is 7.01. The van der Waals surface area contributed by atoms with Crippen molar-refractivity contribution in [1.82, 2.24) is 15.6 Å². The Hall–Kier alpha value is -1.75. The Bertz CT molecular complexity index is 813. The second-order valence-electron chi connectivity index (χ2n) is 5.93. The Morgan fingerprint density at radius 1 is 1.43 bits per heavy atom. The number of guanidine groups is 1. The quantitative estimate of drug-likeness (QED) is 0.251. The summed E-state index contributed by atoms with van der Waals surface area (Å²) in [5.41, 5.74) is 1.58. The fourth-order valence-corrected chi connectivity index (χ4v) is 3.43.